The lowest BCUT2D eigenvalue weighted by molar-refractivity contribution is 0.131. The average molecular weight is 351 g/mol. The summed E-state index contributed by atoms with van der Waals surface area (Å²) in [4.78, 5) is 14.7. The van der Waals surface area contributed by atoms with E-state index in [9.17, 15) is 9.18 Å². The fraction of sp³-hybridized carbons (Fsp3) is 0.632. The summed E-state index contributed by atoms with van der Waals surface area (Å²) >= 11 is 0. The molecular formula is C19H30FN3O2. The van der Waals surface area contributed by atoms with Crippen LogP contribution in [0.25, 0.3) is 0 Å². The van der Waals surface area contributed by atoms with E-state index in [0.29, 0.717) is 29.9 Å². The van der Waals surface area contributed by atoms with Crippen LogP contribution >= 0.6 is 0 Å². The molecule has 6 heteroatoms. The van der Waals surface area contributed by atoms with E-state index in [1.165, 1.54) is 12.8 Å². The minimum absolute atomic E-state index is 0.0169. The number of likely N-dealkylation sites (tertiary alicyclic amines) is 1. The quantitative estimate of drug-likeness (QED) is 0.751. The Labute approximate surface area is 149 Å². The van der Waals surface area contributed by atoms with Gasteiger partial charge in [0.25, 0.3) is 0 Å². The predicted octanol–water partition coefficient (Wildman–Crippen LogP) is 3.67. The van der Waals surface area contributed by atoms with Gasteiger partial charge < -0.3 is 15.4 Å². The minimum atomic E-state index is -0.535. The van der Waals surface area contributed by atoms with Crippen molar-refractivity contribution in [2.45, 2.75) is 39.2 Å². The number of carbonyl (C=O) groups excluding carboxylic acids is 1. The van der Waals surface area contributed by atoms with Gasteiger partial charge in [0.2, 0.25) is 0 Å². The highest BCUT2D eigenvalue weighted by Crippen LogP contribution is 2.19. The molecule has 1 heterocycles. The van der Waals surface area contributed by atoms with E-state index in [-0.39, 0.29) is 12.6 Å². The number of urea groups is 1. The molecule has 1 atom stereocenters. The zero-order valence-corrected chi connectivity index (χ0v) is 15.3. The number of hydrogen-bond acceptors (Lipinski definition) is 3. The first-order chi connectivity index (χ1) is 12.1. The lowest BCUT2D eigenvalue weighted by atomic mass is 10.0. The summed E-state index contributed by atoms with van der Waals surface area (Å²) in [5.74, 6) is 1.17. The van der Waals surface area contributed by atoms with E-state index in [1.807, 2.05) is 0 Å². The molecule has 0 bridgehead atoms. The molecule has 1 aromatic rings. The molecule has 0 spiro atoms. The van der Waals surface area contributed by atoms with Crippen molar-refractivity contribution in [2.75, 3.05) is 38.2 Å². The van der Waals surface area contributed by atoms with Gasteiger partial charge in [0.15, 0.2) is 0 Å². The summed E-state index contributed by atoms with van der Waals surface area (Å²) in [5, 5.41) is 5.79. The molecule has 2 amide bonds. The van der Waals surface area contributed by atoms with Crippen LogP contribution in [0.5, 0.6) is 5.75 Å². The molecule has 5 nitrogen and oxygen atoms in total. The van der Waals surface area contributed by atoms with Gasteiger partial charge in [0.05, 0.1) is 0 Å². The topological polar surface area (TPSA) is 53.6 Å². The molecule has 0 aromatic heterocycles. The summed E-state index contributed by atoms with van der Waals surface area (Å²) in [6.07, 6.45) is 3.58. The summed E-state index contributed by atoms with van der Waals surface area (Å²) in [7, 11) is 0. The van der Waals surface area contributed by atoms with Crippen molar-refractivity contribution in [3.8, 4) is 5.75 Å². The third kappa shape index (κ3) is 6.90. The van der Waals surface area contributed by atoms with E-state index < -0.39 is 6.67 Å². The number of nitrogens with zero attached hydrogens (tertiary/aromatic N) is 1. The summed E-state index contributed by atoms with van der Waals surface area (Å²) < 4.78 is 17.4. The number of amides is 2. The number of rotatable bonds is 8. The average Bonchev–Trinajstić information content (AvgIpc) is 2.59. The van der Waals surface area contributed by atoms with Crippen molar-refractivity contribution < 1.29 is 13.9 Å². The van der Waals surface area contributed by atoms with Crippen LogP contribution in [0.1, 0.15) is 33.1 Å². The van der Waals surface area contributed by atoms with Gasteiger partial charge in [-0.15, -0.1) is 0 Å². The summed E-state index contributed by atoms with van der Waals surface area (Å²) in [6, 6.07) is 7.17. The Hall–Kier alpha value is -1.82. The summed E-state index contributed by atoms with van der Waals surface area (Å²) in [6.45, 7) is 6.77. The van der Waals surface area contributed by atoms with E-state index >= 15 is 0 Å². The number of piperidine rings is 1. The maximum atomic E-state index is 12.2. The smallest absolute Gasteiger partial charge is 0.319 e. The number of anilines is 1. The number of halogens is 1. The van der Waals surface area contributed by atoms with Crippen LogP contribution in [0.4, 0.5) is 14.9 Å². The molecule has 1 fully saturated rings. The molecule has 1 aliphatic heterocycles. The lowest BCUT2D eigenvalue weighted by Gasteiger charge is -2.36. The molecule has 0 saturated carbocycles. The molecule has 140 valence electrons. The molecule has 1 aromatic carbocycles. The SMILES string of the molecule is CC(C)CN1CCCCC1CNC(=O)Nc1cccc(OCCF)c1. The van der Waals surface area contributed by atoms with Crippen molar-refractivity contribution in [3.05, 3.63) is 24.3 Å². The van der Waals surface area contributed by atoms with Crippen molar-refractivity contribution in [2.24, 2.45) is 5.92 Å². The molecular weight excluding hydrogens is 321 g/mol. The lowest BCUT2D eigenvalue weighted by Crippen LogP contribution is -2.48. The second-order valence-corrected chi connectivity index (χ2v) is 6.94. The van der Waals surface area contributed by atoms with Crippen molar-refractivity contribution in [1.29, 1.82) is 0 Å². The third-order valence-electron chi connectivity index (χ3n) is 4.28. The first-order valence-electron chi connectivity index (χ1n) is 9.16. The molecule has 1 aliphatic rings. The molecule has 1 saturated heterocycles. The fourth-order valence-corrected chi connectivity index (χ4v) is 3.21. The Morgan fingerprint density at radius 2 is 2.24 bits per heavy atom. The Bertz CT molecular complexity index is 539. The Balaban J connectivity index is 1.81. The second kappa shape index (κ2) is 10.2. The van der Waals surface area contributed by atoms with E-state index in [0.717, 1.165) is 19.5 Å². The predicted molar refractivity (Wildman–Crippen MR) is 99.0 cm³/mol. The van der Waals surface area contributed by atoms with Crippen LogP contribution in [0, 0.1) is 5.92 Å². The Morgan fingerprint density at radius 1 is 1.40 bits per heavy atom. The van der Waals surface area contributed by atoms with Gasteiger partial charge in [0.1, 0.15) is 19.0 Å². The van der Waals surface area contributed by atoms with Gasteiger partial charge in [-0.1, -0.05) is 26.3 Å². The minimum Gasteiger partial charge on any atom is -0.491 e. The molecule has 2 N–H and O–H groups in total. The van der Waals surface area contributed by atoms with E-state index in [4.69, 9.17) is 4.74 Å². The maximum Gasteiger partial charge on any atom is 0.319 e. The number of ether oxygens (including phenoxy) is 1. The monoisotopic (exact) mass is 351 g/mol. The first kappa shape index (κ1) is 19.5. The molecule has 1 unspecified atom stereocenters. The van der Waals surface area contributed by atoms with Crippen LogP contribution in [-0.4, -0.2) is 49.9 Å². The number of nitrogens with one attached hydrogen (secondary N) is 2. The Kier molecular flexibility index (Phi) is 7.98. The number of alkyl halides is 1. The van der Waals surface area contributed by atoms with Crippen molar-refractivity contribution in [3.63, 3.8) is 0 Å². The number of carbonyl (C=O) groups is 1. The number of benzene rings is 1. The maximum absolute atomic E-state index is 12.2. The van der Waals surface area contributed by atoms with E-state index in [2.05, 4.69) is 29.4 Å². The van der Waals surface area contributed by atoms with Crippen LogP contribution < -0.4 is 15.4 Å². The van der Waals surface area contributed by atoms with Crippen LogP contribution in [-0.2, 0) is 0 Å². The Morgan fingerprint density at radius 3 is 3.00 bits per heavy atom. The largest absolute Gasteiger partial charge is 0.491 e. The van der Waals surface area contributed by atoms with Gasteiger partial charge >= 0.3 is 6.03 Å². The zero-order valence-electron chi connectivity index (χ0n) is 15.3. The van der Waals surface area contributed by atoms with Gasteiger partial charge in [-0.05, 0) is 37.4 Å². The molecule has 25 heavy (non-hydrogen) atoms. The highest BCUT2D eigenvalue weighted by Gasteiger charge is 2.23. The highest BCUT2D eigenvalue weighted by molar-refractivity contribution is 5.89. The number of hydrogen-bond donors (Lipinski definition) is 2. The highest BCUT2D eigenvalue weighted by atomic mass is 19.1. The van der Waals surface area contributed by atoms with Crippen LogP contribution in [0.3, 0.4) is 0 Å². The fourth-order valence-electron chi connectivity index (χ4n) is 3.21. The summed E-state index contributed by atoms with van der Waals surface area (Å²) in [5.41, 5.74) is 0.636. The molecule has 2 rings (SSSR count). The van der Waals surface area contributed by atoms with Crippen molar-refractivity contribution in [1.82, 2.24) is 10.2 Å². The van der Waals surface area contributed by atoms with Crippen LogP contribution in [0.2, 0.25) is 0 Å². The third-order valence-corrected chi connectivity index (χ3v) is 4.28. The first-order valence-corrected chi connectivity index (χ1v) is 9.16. The normalized spacial score (nSPS) is 18.2. The van der Waals surface area contributed by atoms with E-state index in [1.54, 1.807) is 24.3 Å². The van der Waals surface area contributed by atoms with Gasteiger partial charge in [-0.2, -0.15) is 0 Å². The van der Waals surface area contributed by atoms with Gasteiger partial charge in [0, 0.05) is 30.9 Å². The van der Waals surface area contributed by atoms with Crippen LogP contribution in [0.15, 0.2) is 24.3 Å². The standard InChI is InChI=1S/C19H30FN3O2/c1-15(2)14-23-10-4-3-7-17(23)13-21-19(24)22-16-6-5-8-18(12-16)25-11-9-20/h5-6,8,12,15,17H,3-4,7,9-11,13-14H2,1-2H3,(H2,21,22,24). The zero-order chi connectivity index (χ0) is 18.1. The van der Waals surface area contributed by atoms with Crippen molar-refractivity contribution >= 4 is 11.7 Å². The van der Waals surface area contributed by atoms with Gasteiger partial charge in [-0.25, -0.2) is 9.18 Å². The second-order valence-electron chi connectivity index (χ2n) is 6.94. The van der Waals surface area contributed by atoms with Gasteiger partial charge in [-0.3, -0.25) is 4.90 Å². The molecule has 0 radical (unpaired) electrons. The molecule has 0 aliphatic carbocycles.